The quantitative estimate of drug-likeness (QED) is 0.734. The summed E-state index contributed by atoms with van der Waals surface area (Å²) >= 11 is 0. The average Bonchev–Trinajstić information content (AvgIpc) is 2.32. The number of hydrogen-bond donors (Lipinski definition) is 2. The highest BCUT2D eigenvalue weighted by molar-refractivity contribution is 5.92. The van der Waals surface area contributed by atoms with E-state index in [9.17, 15) is 9.18 Å². The number of unbranched alkanes of at least 4 members (excludes halogenated alkanes) is 4. The molecule has 100 valence electrons. The Kier molecular flexibility index (Phi) is 6.11. The van der Waals surface area contributed by atoms with Gasteiger partial charge in [0.25, 0.3) is 0 Å². The van der Waals surface area contributed by atoms with Gasteiger partial charge in [-0.15, -0.1) is 0 Å². The molecule has 3 N–H and O–H groups in total. The fraction of sp³-hybridized carbons (Fsp3) is 0.538. The van der Waals surface area contributed by atoms with Gasteiger partial charge in [0.15, 0.2) is 5.82 Å². The first-order valence-corrected chi connectivity index (χ1v) is 6.34. The summed E-state index contributed by atoms with van der Waals surface area (Å²) in [7, 11) is 0. The topological polar surface area (TPSA) is 68.0 Å². The number of anilines is 2. The van der Waals surface area contributed by atoms with E-state index in [1.54, 1.807) is 0 Å². The van der Waals surface area contributed by atoms with Crippen LogP contribution in [0, 0.1) is 5.82 Å². The van der Waals surface area contributed by atoms with Gasteiger partial charge < -0.3 is 11.1 Å². The molecule has 0 fully saturated rings. The van der Waals surface area contributed by atoms with E-state index in [0.717, 1.165) is 31.5 Å². The fourth-order valence-corrected chi connectivity index (χ4v) is 1.64. The number of carbonyl (C=O) groups excluding carboxylic acids is 1. The zero-order valence-corrected chi connectivity index (χ0v) is 10.7. The van der Waals surface area contributed by atoms with Crippen LogP contribution in [-0.2, 0) is 4.79 Å². The second-order valence-corrected chi connectivity index (χ2v) is 4.30. The van der Waals surface area contributed by atoms with E-state index in [2.05, 4.69) is 17.2 Å². The Balaban J connectivity index is 2.31. The first-order valence-electron chi connectivity index (χ1n) is 6.34. The van der Waals surface area contributed by atoms with Gasteiger partial charge >= 0.3 is 0 Å². The maximum absolute atomic E-state index is 12.8. The lowest BCUT2D eigenvalue weighted by molar-refractivity contribution is -0.116. The van der Waals surface area contributed by atoms with E-state index < -0.39 is 5.82 Å². The summed E-state index contributed by atoms with van der Waals surface area (Å²) in [5.74, 6) is -0.405. The number of hydrogen-bond acceptors (Lipinski definition) is 3. The van der Waals surface area contributed by atoms with E-state index >= 15 is 0 Å². The third-order valence-electron chi connectivity index (χ3n) is 2.65. The molecule has 1 rings (SSSR count). The van der Waals surface area contributed by atoms with E-state index in [-0.39, 0.29) is 17.4 Å². The third-order valence-corrected chi connectivity index (χ3v) is 2.65. The van der Waals surface area contributed by atoms with Gasteiger partial charge in [0.05, 0.1) is 11.9 Å². The standard InChI is InChI=1S/C13H20FN3O/c1-2-3-4-5-6-7-12(18)17-13-11(15)8-10(14)9-16-13/h8-9H,2-7,15H2,1H3,(H,16,17,18). The van der Waals surface area contributed by atoms with E-state index in [4.69, 9.17) is 5.73 Å². The molecule has 0 saturated carbocycles. The lowest BCUT2D eigenvalue weighted by Crippen LogP contribution is -2.14. The number of pyridine rings is 1. The van der Waals surface area contributed by atoms with Gasteiger partial charge in [0, 0.05) is 12.5 Å². The van der Waals surface area contributed by atoms with Gasteiger partial charge in [0.1, 0.15) is 5.82 Å². The monoisotopic (exact) mass is 253 g/mol. The predicted octanol–water partition coefficient (Wildman–Crippen LogP) is 3.10. The molecule has 0 aromatic carbocycles. The summed E-state index contributed by atoms with van der Waals surface area (Å²) < 4.78 is 12.8. The summed E-state index contributed by atoms with van der Waals surface area (Å²) in [5.41, 5.74) is 5.69. The second-order valence-electron chi connectivity index (χ2n) is 4.30. The summed E-state index contributed by atoms with van der Waals surface area (Å²) in [5, 5.41) is 2.59. The molecular weight excluding hydrogens is 233 g/mol. The average molecular weight is 253 g/mol. The number of nitrogen functional groups attached to an aromatic ring is 1. The summed E-state index contributed by atoms with van der Waals surface area (Å²) in [6.07, 6.45) is 6.92. The van der Waals surface area contributed by atoms with Gasteiger partial charge in [-0.1, -0.05) is 32.6 Å². The summed E-state index contributed by atoms with van der Waals surface area (Å²) in [4.78, 5) is 15.3. The Morgan fingerprint density at radius 1 is 1.39 bits per heavy atom. The predicted molar refractivity (Wildman–Crippen MR) is 70.6 cm³/mol. The molecule has 1 aromatic rings. The van der Waals surface area contributed by atoms with Gasteiger partial charge in [-0.3, -0.25) is 4.79 Å². The molecule has 5 heteroatoms. The van der Waals surface area contributed by atoms with Crippen molar-refractivity contribution in [3.8, 4) is 0 Å². The molecular formula is C13H20FN3O. The minimum absolute atomic E-state index is 0.127. The fourth-order valence-electron chi connectivity index (χ4n) is 1.64. The molecule has 18 heavy (non-hydrogen) atoms. The smallest absolute Gasteiger partial charge is 0.225 e. The van der Waals surface area contributed by atoms with Gasteiger partial charge in [-0.05, 0) is 6.42 Å². The second kappa shape index (κ2) is 7.63. The normalized spacial score (nSPS) is 10.3. The van der Waals surface area contributed by atoms with Crippen molar-refractivity contribution in [2.24, 2.45) is 0 Å². The molecule has 1 aromatic heterocycles. The number of carbonyl (C=O) groups is 1. The van der Waals surface area contributed by atoms with Crippen LogP contribution in [0.5, 0.6) is 0 Å². The number of nitrogens with zero attached hydrogens (tertiary/aromatic N) is 1. The van der Waals surface area contributed by atoms with Crippen molar-refractivity contribution in [1.82, 2.24) is 4.98 Å². The van der Waals surface area contributed by atoms with Crippen LogP contribution in [0.25, 0.3) is 0 Å². The number of aromatic nitrogens is 1. The van der Waals surface area contributed by atoms with E-state index in [0.29, 0.717) is 6.42 Å². The van der Waals surface area contributed by atoms with Crippen LogP contribution in [0.1, 0.15) is 45.4 Å². The maximum atomic E-state index is 12.8. The largest absolute Gasteiger partial charge is 0.396 e. The summed E-state index contributed by atoms with van der Waals surface area (Å²) in [6, 6.07) is 1.14. The van der Waals surface area contributed by atoms with Gasteiger partial charge in [0.2, 0.25) is 5.91 Å². The van der Waals surface area contributed by atoms with Crippen LogP contribution in [0.3, 0.4) is 0 Å². The van der Waals surface area contributed by atoms with Crippen LogP contribution >= 0.6 is 0 Å². The van der Waals surface area contributed by atoms with Gasteiger partial charge in [-0.25, -0.2) is 9.37 Å². The van der Waals surface area contributed by atoms with Crippen LogP contribution in [0.2, 0.25) is 0 Å². The molecule has 0 bridgehead atoms. The first-order chi connectivity index (χ1) is 8.63. The van der Waals surface area contributed by atoms with Crippen molar-refractivity contribution in [2.75, 3.05) is 11.1 Å². The van der Waals surface area contributed by atoms with Crippen LogP contribution in [0.15, 0.2) is 12.3 Å². The van der Waals surface area contributed by atoms with Crippen molar-refractivity contribution in [3.05, 3.63) is 18.1 Å². The molecule has 0 saturated heterocycles. The van der Waals surface area contributed by atoms with Gasteiger partial charge in [-0.2, -0.15) is 0 Å². The Morgan fingerprint density at radius 3 is 2.78 bits per heavy atom. The maximum Gasteiger partial charge on any atom is 0.225 e. The summed E-state index contributed by atoms with van der Waals surface area (Å²) in [6.45, 7) is 2.15. The molecule has 1 heterocycles. The Labute approximate surface area is 107 Å². The molecule has 1 amide bonds. The molecule has 0 spiro atoms. The molecule has 0 aliphatic rings. The number of nitrogens with two attached hydrogens (primary N) is 1. The van der Waals surface area contributed by atoms with Crippen molar-refractivity contribution in [2.45, 2.75) is 45.4 Å². The first kappa shape index (κ1) is 14.4. The number of nitrogens with one attached hydrogen (secondary N) is 1. The molecule has 0 aliphatic carbocycles. The molecule has 0 unspecified atom stereocenters. The van der Waals surface area contributed by atoms with Crippen molar-refractivity contribution < 1.29 is 9.18 Å². The minimum atomic E-state index is -0.509. The highest BCUT2D eigenvalue weighted by Crippen LogP contribution is 2.16. The molecule has 0 atom stereocenters. The highest BCUT2D eigenvalue weighted by Gasteiger charge is 2.07. The number of amides is 1. The SMILES string of the molecule is CCCCCCCC(=O)Nc1ncc(F)cc1N. The van der Waals surface area contributed by atoms with Crippen molar-refractivity contribution in [3.63, 3.8) is 0 Å². The Morgan fingerprint density at radius 2 is 2.11 bits per heavy atom. The Bertz CT molecular complexity index is 396. The number of halogens is 1. The molecule has 4 nitrogen and oxygen atoms in total. The molecule has 0 aliphatic heterocycles. The highest BCUT2D eigenvalue weighted by atomic mass is 19.1. The lowest BCUT2D eigenvalue weighted by Gasteiger charge is -2.06. The van der Waals surface area contributed by atoms with Crippen LogP contribution in [-0.4, -0.2) is 10.9 Å². The zero-order valence-electron chi connectivity index (χ0n) is 10.7. The third kappa shape index (κ3) is 5.12. The van der Waals surface area contributed by atoms with Crippen LogP contribution < -0.4 is 11.1 Å². The van der Waals surface area contributed by atoms with Crippen LogP contribution in [0.4, 0.5) is 15.9 Å². The lowest BCUT2D eigenvalue weighted by atomic mass is 10.1. The van der Waals surface area contributed by atoms with Crippen molar-refractivity contribution >= 4 is 17.4 Å². The molecule has 0 radical (unpaired) electrons. The zero-order chi connectivity index (χ0) is 13.4. The number of rotatable bonds is 7. The van der Waals surface area contributed by atoms with E-state index in [1.165, 1.54) is 12.8 Å². The minimum Gasteiger partial charge on any atom is -0.396 e. The van der Waals surface area contributed by atoms with E-state index in [1.807, 2.05) is 0 Å². The van der Waals surface area contributed by atoms with Crippen molar-refractivity contribution in [1.29, 1.82) is 0 Å². The Hall–Kier alpha value is -1.65.